The minimum atomic E-state index is -0.585. The lowest BCUT2D eigenvalue weighted by Crippen LogP contribution is -2.35. The molecule has 1 aliphatic carbocycles. The van der Waals surface area contributed by atoms with Crippen molar-refractivity contribution in [1.29, 1.82) is 0 Å². The minimum absolute atomic E-state index is 0. The third-order valence-corrected chi connectivity index (χ3v) is 4.93. The number of rotatable bonds is 5. The number of hydrogen-bond donors (Lipinski definition) is 2. The maximum absolute atomic E-state index is 5.96. The molecular weight excluding hydrogens is 349 g/mol. The zero-order chi connectivity index (χ0) is 15.6. The normalized spacial score (nSPS) is 22.7. The van der Waals surface area contributed by atoms with E-state index in [1.165, 1.54) is 51.6 Å². The molecule has 0 radical (unpaired) electrons. The number of nitrogens with one attached hydrogen (secondary N) is 1. The molecule has 3 N–H and O–H groups in total. The highest BCUT2D eigenvalue weighted by Crippen LogP contribution is 2.28. The number of nitrogens with two attached hydrogens (primary N) is 1. The first-order valence-electron chi connectivity index (χ1n) is 8.63. The average Bonchev–Trinajstić information content (AvgIpc) is 3.15. The van der Waals surface area contributed by atoms with Crippen molar-refractivity contribution in [3.8, 4) is 0 Å². The van der Waals surface area contributed by atoms with Gasteiger partial charge < -0.3 is 20.4 Å². The molecule has 0 aromatic carbocycles. The third-order valence-electron chi connectivity index (χ3n) is 4.93. The Morgan fingerprint density at radius 2 is 1.88 bits per heavy atom. The zero-order valence-corrected chi connectivity index (χ0v) is 16.3. The van der Waals surface area contributed by atoms with Crippen molar-refractivity contribution in [2.24, 2.45) is 11.7 Å². The molecule has 1 atom stereocenters. The molecule has 24 heavy (non-hydrogen) atoms. The summed E-state index contributed by atoms with van der Waals surface area (Å²) in [5.41, 5.74) is 5.37. The minimum Gasteiger partial charge on any atom is -0.406 e. The van der Waals surface area contributed by atoms with Crippen molar-refractivity contribution < 1.29 is 4.42 Å². The van der Waals surface area contributed by atoms with Crippen LogP contribution in [0.3, 0.4) is 0 Å². The van der Waals surface area contributed by atoms with Gasteiger partial charge in [-0.15, -0.1) is 29.9 Å². The molecule has 6 nitrogen and oxygen atoms in total. The Hall–Kier alpha value is -0.560. The quantitative estimate of drug-likeness (QED) is 0.817. The van der Waals surface area contributed by atoms with E-state index >= 15 is 0 Å². The number of nitrogens with zero attached hydrogens (tertiary/aromatic N) is 3. The van der Waals surface area contributed by atoms with Crippen LogP contribution in [0.2, 0.25) is 0 Å². The summed E-state index contributed by atoms with van der Waals surface area (Å²) in [5.74, 6) is 1.15. The van der Waals surface area contributed by atoms with Crippen LogP contribution >= 0.6 is 24.8 Å². The monoisotopic (exact) mass is 379 g/mol. The van der Waals surface area contributed by atoms with Crippen molar-refractivity contribution in [2.45, 2.75) is 64.0 Å². The molecule has 2 fully saturated rings. The molecule has 1 aliphatic heterocycles. The lowest BCUT2D eigenvalue weighted by Gasteiger charge is -2.31. The molecule has 1 aromatic heterocycles. The molecule has 140 valence electrons. The van der Waals surface area contributed by atoms with E-state index in [2.05, 4.69) is 20.4 Å². The topological polar surface area (TPSA) is 80.2 Å². The van der Waals surface area contributed by atoms with Crippen LogP contribution in [0.1, 0.15) is 58.3 Å². The van der Waals surface area contributed by atoms with Gasteiger partial charge in [0.1, 0.15) is 0 Å². The van der Waals surface area contributed by atoms with Crippen molar-refractivity contribution in [1.82, 2.24) is 15.1 Å². The molecule has 1 aromatic rings. The number of hydrogen-bond acceptors (Lipinski definition) is 6. The lowest BCUT2D eigenvalue weighted by molar-refractivity contribution is 0.186. The van der Waals surface area contributed by atoms with Gasteiger partial charge in [0.25, 0.3) is 0 Å². The largest absolute Gasteiger partial charge is 0.406 e. The predicted octanol–water partition coefficient (Wildman–Crippen LogP) is 3.17. The highest BCUT2D eigenvalue weighted by molar-refractivity contribution is 5.85. The summed E-state index contributed by atoms with van der Waals surface area (Å²) in [5, 5.41) is 11.3. The fraction of sp³-hybridized carbons (Fsp3) is 0.875. The fourth-order valence-electron chi connectivity index (χ4n) is 3.59. The second-order valence-electron chi connectivity index (χ2n) is 7.46. The van der Waals surface area contributed by atoms with Crippen molar-refractivity contribution in [2.75, 3.05) is 25.0 Å². The maximum Gasteiger partial charge on any atom is 0.315 e. The molecule has 0 amide bonds. The molecular formula is C16H31Cl2N5O. The van der Waals surface area contributed by atoms with E-state index in [1.807, 2.05) is 13.8 Å². The van der Waals surface area contributed by atoms with Crippen LogP contribution in [-0.2, 0) is 5.54 Å². The van der Waals surface area contributed by atoms with Crippen LogP contribution in [0, 0.1) is 5.92 Å². The van der Waals surface area contributed by atoms with E-state index in [0.29, 0.717) is 17.8 Å². The fourth-order valence-corrected chi connectivity index (χ4v) is 3.59. The van der Waals surface area contributed by atoms with Gasteiger partial charge in [-0.1, -0.05) is 24.4 Å². The molecule has 3 rings (SSSR count). The van der Waals surface area contributed by atoms with Gasteiger partial charge in [-0.05, 0) is 45.6 Å². The summed E-state index contributed by atoms with van der Waals surface area (Å²) >= 11 is 0. The van der Waals surface area contributed by atoms with Gasteiger partial charge in [0.2, 0.25) is 5.89 Å². The second-order valence-corrected chi connectivity index (χ2v) is 7.46. The highest BCUT2D eigenvalue weighted by Gasteiger charge is 2.29. The summed E-state index contributed by atoms with van der Waals surface area (Å²) in [6, 6.07) is 1.32. The molecule has 1 unspecified atom stereocenters. The summed E-state index contributed by atoms with van der Waals surface area (Å²) in [4.78, 5) is 2.69. The zero-order valence-electron chi connectivity index (χ0n) is 14.7. The maximum atomic E-state index is 5.96. The average molecular weight is 380 g/mol. The SMILES string of the molecule is CC(C)(N)c1nnc(NCC2CCN(C3CCCCC3)C2)o1.Cl.Cl. The van der Waals surface area contributed by atoms with Crippen LogP contribution < -0.4 is 11.1 Å². The van der Waals surface area contributed by atoms with Crippen LogP contribution in [0.25, 0.3) is 0 Å². The van der Waals surface area contributed by atoms with Crippen LogP contribution in [0.5, 0.6) is 0 Å². The van der Waals surface area contributed by atoms with Crippen molar-refractivity contribution >= 4 is 30.8 Å². The van der Waals surface area contributed by atoms with E-state index in [0.717, 1.165) is 12.6 Å². The van der Waals surface area contributed by atoms with Gasteiger partial charge in [0, 0.05) is 19.1 Å². The smallest absolute Gasteiger partial charge is 0.315 e. The van der Waals surface area contributed by atoms with Crippen molar-refractivity contribution in [3.05, 3.63) is 5.89 Å². The number of anilines is 1. The van der Waals surface area contributed by atoms with Gasteiger partial charge in [-0.2, -0.15) is 0 Å². The summed E-state index contributed by atoms with van der Waals surface area (Å²) in [6.07, 6.45) is 8.27. The molecule has 1 saturated carbocycles. The van der Waals surface area contributed by atoms with E-state index < -0.39 is 5.54 Å². The van der Waals surface area contributed by atoms with E-state index in [1.54, 1.807) is 0 Å². The van der Waals surface area contributed by atoms with Gasteiger partial charge in [-0.25, -0.2) is 0 Å². The van der Waals surface area contributed by atoms with Gasteiger partial charge in [0.05, 0.1) is 5.54 Å². The Labute approximate surface area is 157 Å². The van der Waals surface area contributed by atoms with E-state index in [4.69, 9.17) is 10.2 Å². The van der Waals surface area contributed by atoms with Gasteiger partial charge in [0.15, 0.2) is 0 Å². The Kier molecular flexibility index (Phi) is 8.26. The number of likely N-dealkylation sites (tertiary alicyclic amines) is 1. The molecule has 2 heterocycles. The lowest BCUT2D eigenvalue weighted by atomic mass is 9.94. The summed E-state index contributed by atoms with van der Waals surface area (Å²) in [6.45, 7) is 7.06. The molecule has 2 aliphatic rings. The number of aromatic nitrogens is 2. The van der Waals surface area contributed by atoms with Gasteiger partial charge in [-0.3, -0.25) is 0 Å². The first-order chi connectivity index (χ1) is 10.5. The Balaban J connectivity index is 0.00000144. The van der Waals surface area contributed by atoms with Crippen LogP contribution in [-0.4, -0.2) is 40.8 Å². The first kappa shape index (κ1) is 21.5. The predicted molar refractivity (Wildman–Crippen MR) is 101 cm³/mol. The molecule has 0 bridgehead atoms. The number of halogens is 2. The standard InChI is InChI=1S/C16H29N5O.2ClH/c1-16(2,17)14-19-20-15(22-14)18-10-12-8-9-21(11-12)13-6-4-3-5-7-13;;/h12-13H,3-11,17H2,1-2H3,(H,18,20);2*1H. The van der Waals surface area contributed by atoms with Crippen LogP contribution in [0.4, 0.5) is 6.01 Å². The Morgan fingerprint density at radius 1 is 1.17 bits per heavy atom. The molecule has 8 heteroatoms. The highest BCUT2D eigenvalue weighted by atomic mass is 35.5. The second kappa shape index (κ2) is 9.22. The summed E-state index contributed by atoms with van der Waals surface area (Å²) < 4.78 is 5.58. The molecule has 0 spiro atoms. The first-order valence-corrected chi connectivity index (χ1v) is 8.63. The Morgan fingerprint density at radius 3 is 2.50 bits per heavy atom. The summed E-state index contributed by atoms with van der Waals surface area (Å²) in [7, 11) is 0. The van der Waals surface area contributed by atoms with Crippen LogP contribution in [0.15, 0.2) is 4.42 Å². The van der Waals surface area contributed by atoms with E-state index in [-0.39, 0.29) is 24.8 Å². The van der Waals surface area contributed by atoms with E-state index in [9.17, 15) is 0 Å². The Bertz CT molecular complexity index is 485. The van der Waals surface area contributed by atoms with Gasteiger partial charge >= 0.3 is 6.01 Å². The van der Waals surface area contributed by atoms with Crippen molar-refractivity contribution in [3.63, 3.8) is 0 Å². The molecule has 1 saturated heterocycles. The third kappa shape index (κ3) is 5.48.